The minimum absolute atomic E-state index is 0.259. The second kappa shape index (κ2) is 9.74. The van der Waals surface area contributed by atoms with E-state index in [0.717, 1.165) is 40.3 Å². The van der Waals surface area contributed by atoms with Crippen molar-refractivity contribution in [2.45, 2.75) is 31.3 Å². The second-order valence-electron chi connectivity index (χ2n) is 6.13. The van der Waals surface area contributed by atoms with Crippen LogP contribution in [-0.4, -0.2) is 19.0 Å². The Morgan fingerprint density at radius 3 is 2.37 bits per heavy atom. The van der Waals surface area contributed by atoms with Crippen molar-refractivity contribution in [3.8, 4) is 11.5 Å². The predicted molar refractivity (Wildman–Crippen MR) is 104 cm³/mol. The van der Waals surface area contributed by atoms with E-state index < -0.39 is 11.7 Å². The quantitative estimate of drug-likeness (QED) is 0.355. The molecular weight excluding hydrogens is 373 g/mol. The molecule has 0 bridgehead atoms. The Balaban J connectivity index is 1.80. The van der Waals surface area contributed by atoms with Gasteiger partial charge in [-0.2, -0.15) is 13.2 Å². The highest BCUT2D eigenvalue weighted by Gasteiger charge is 2.29. The summed E-state index contributed by atoms with van der Waals surface area (Å²) in [5.74, 6) is 1.95. The summed E-state index contributed by atoms with van der Waals surface area (Å²) in [5, 5.41) is 0. The fourth-order valence-corrected chi connectivity index (χ4v) is 3.12. The minimum atomic E-state index is -4.34. The molecule has 0 aliphatic heterocycles. The number of ether oxygens (including phenoxy) is 2. The fourth-order valence-electron chi connectivity index (χ4n) is 2.24. The molecule has 0 amide bonds. The van der Waals surface area contributed by atoms with E-state index in [1.54, 1.807) is 11.8 Å². The third kappa shape index (κ3) is 6.86. The third-order valence-electron chi connectivity index (χ3n) is 3.68. The van der Waals surface area contributed by atoms with Crippen LogP contribution in [0.25, 0.3) is 0 Å². The Bertz CT molecular complexity index is 755. The van der Waals surface area contributed by atoms with Gasteiger partial charge in [0.15, 0.2) is 0 Å². The van der Waals surface area contributed by atoms with Gasteiger partial charge in [0.05, 0.1) is 12.2 Å². The summed E-state index contributed by atoms with van der Waals surface area (Å²) in [6.45, 7) is 9.01. The average Bonchev–Trinajstić information content (AvgIpc) is 2.63. The van der Waals surface area contributed by atoms with E-state index in [2.05, 4.69) is 19.6 Å². The summed E-state index contributed by atoms with van der Waals surface area (Å²) in [6, 6.07) is 10.7. The van der Waals surface area contributed by atoms with Gasteiger partial charge in [-0.3, -0.25) is 0 Å². The lowest BCUT2D eigenvalue weighted by Gasteiger charge is -2.12. The second-order valence-corrected chi connectivity index (χ2v) is 7.17. The Morgan fingerprint density at radius 1 is 1.07 bits per heavy atom. The summed E-state index contributed by atoms with van der Waals surface area (Å²) in [6.07, 6.45) is -3.37. The first-order valence-electron chi connectivity index (χ1n) is 8.62. The first kappa shape index (κ1) is 21.2. The van der Waals surface area contributed by atoms with Gasteiger partial charge in [-0.15, -0.1) is 11.8 Å². The molecule has 146 valence electrons. The molecule has 2 aromatic carbocycles. The van der Waals surface area contributed by atoms with Gasteiger partial charge in [0.25, 0.3) is 0 Å². The van der Waals surface area contributed by atoms with Gasteiger partial charge in [-0.1, -0.05) is 13.5 Å². The maximum atomic E-state index is 12.5. The Kier molecular flexibility index (Phi) is 7.66. The molecule has 2 rings (SSSR count). The van der Waals surface area contributed by atoms with Gasteiger partial charge in [-0.25, -0.2) is 0 Å². The highest BCUT2D eigenvalue weighted by Crippen LogP contribution is 2.30. The molecule has 0 aromatic heterocycles. The topological polar surface area (TPSA) is 18.5 Å². The molecule has 0 radical (unpaired) electrons. The molecule has 0 spiro atoms. The summed E-state index contributed by atoms with van der Waals surface area (Å²) >= 11 is 1.63. The zero-order valence-corrected chi connectivity index (χ0v) is 16.3. The molecule has 0 aliphatic carbocycles. The van der Waals surface area contributed by atoms with Crippen LogP contribution in [0.15, 0.2) is 59.5 Å². The molecule has 0 N–H and O–H groups in total. The SMILES string of the molecule is C=C(COc1ccc(C(F)(F)F)cc1)CSc1ccc(OCCC)c(C)c1. The summed E-state index contributed by atoms with van der Waals surface area (Å²) in [4.78, 5) is 1.10. The Morgan fingerprint density at radius 2 is 1.78 bits per heavy atom. The highest BCUT2D eigenvalue weighted by atomic mass is 32.2. The fraction of sp³-hybridized carbons (Fsp3) is 0.333. The summed E-state index contributed by atoms with van der Waals surface area (Å²) in [5.41, 5.74) is 1.25. The van der Waals surface area contributed by atoms with Crippen molar-refractivity contribution in [3.63, 3.8) is 0 Å². The molecule has 0 fully saturated rings. The molecule has 27 heavy (non-hydrogen) atoms. The number of thioether (sulfide) groups is 1. The van der Waals surface area contributed by atoms with Gasteiger partial charge in [0, 0.05) is 10.6 Å². The lowest BCUT2D eigenvalue weighted by molar-refractivity contribution is -0.137. The van der Waals surface area contributed by atoms with E-state index in [-0.39, 0.29) is 6.61 Å². The van der Waals surface area contributed by atoms with Crippen LogP contribution in [-0.2, 0) is 6.18 Å². The van der Waals surface area contributed by atoms with Crippen LogP contribution in [0, 0.1) is 6.92 Å². The van der Waals surface area contributed by atoms with Crippen LogP contribution in [0.3, 0.4) is 0 Å². The molecule has 0 aliphatic rings. The van der Waals surface area contributed by atoms with Gasteiger partial charge in [0.2, 0.25) is 0 Å². The zero-order valence-electron chi connectivity index (χ0n) is 15.4. The van der Waals surface area contributed by atoms with Crippen molar-refractivity contribution in [1.82, 2.24) is 0 Å². The van der Waals surface area contributed by atoms with Crippen LogP contribution < -0.4 is 9.47 Å². The summed E-state index contributed by atoms with van der Waals surface area (Å²) < 4.78 is 48.8. The maximum absolute atomic E-state index is 12.5. The highest BCUT2D eigenvalue weighted by molar-refractivity contribution is 7.99. The van der Waals surface area contributed by atoms with E-state index in [1.165, 1.54) is 12.1 Å². The van der Waals surface area contributed by atoms with Crippen molar-refractivity contribution in [2.75, 3.05) is 19.0 Å². The Hall–Kier alpha value is -2.08. The number of aryl methyl sites for hydroxylation is 1. The van der Waals surface area contributed by atoms with E-state index in [0.29, 0.717) is 18.1 Å². The molecule has 2 aromatic rings. The number of benzene rings is 2. The molecule has 0 atom stereocenters. The standard InChI is InChI=1S/C21H23F3O2S/c1-4-11-25-20-10-9-19(12-16(20)3)27-14-15(2)13-26-18-7-5-17(6-8-18)21(22,23)24/h5-10,12H,2,4,11,13-14H2,1,3H3. The van der Waals surface area contributed by atoms with Crippen LogP contribution in [0.2, 0.25) is 0 Å². The van der Waals surface area contributed by atoms with Gasteiger partial charge < -0.3 is 9.47 Å². The van der Waals surface area contributed by atoms with E-state index in [4.69, 9.17) is 9.47 Å². The number of rotatable bonds is 9. The molecule has 2 nitrogen and oxygen atoms in total. The molecule has 0 saturated carbocycles. The van der Waals surface area contributed by atoms with Gasteiger partial charge >= 0.3 is 6.18 Å². The van der Waals surface area contributed by atoms with Crippen molar-refractivity contribution in [2.24, 2.45) is 0 Å². The minimum Gasteiger partial charge on any atom is -0.493 e. The molecule has 0 heterocycles. The lowest BCUT2D eigenvalue weighted by Crippen LogP contribution is -2.05. The molecule has 6 heteroatoms. The number of hydrogen-bond donors (Lipinski definition) is 0. The molecule has 0 saturated heterocycles. The molecule has 0 unspecified atom stereocenters. The maximum Gasteiger partial charge on any atom is 0.416 e. The van der Waals surface area contributed by atoms with Crippen LogP contribution in [0.1, 0.15) is 24.5 Å². The van der Waals surface area contributed by atoms with Gasteiger partial charge in [0.1, 0.15) is 18.1 Å². The van der Waals surface area contributed by atoms with Crippen molar-refractivity contribution < 1.29 is 22.6 Å². The molecular formula is C21H23F3O2S. The van der Waals surface area contributed by atoms with E-state index in [1.807, 2.05) is 19.1 Å². The Labute approximate surface area is 162 Å². The lowest BCUT2D eigenvalue weighted by atomic mass is 10.2. The average molecular weight is 396 g/mol. The van der Waals surface area contributed by atoms with Crippen molar-refractivity contribution >= 4 is 11.8 Å². The monoisotopic (exact) mass is 396 g/mol. The summed E-state index contributed by atoms with van der Waals surface area (Å²) in [7, 11) is 0. The normalized spacial score (nSPS) is 11.3. The van der Waals surface area contributed by atoms with Crippen LogP contribution in [0.5, 0.6) is 11.5 Å². The third-order valence-corrected chi connectivity index (χ3v) is 4.82. The van der Waals surface area contributed by atoms with E-state index in [9.17, 15) is 13.2 Å². The number of halogens is 3. The van der Waals surface area contributed by atoms with Crippen LogP contribution in [0.4, 0.5) is 13.2 Å². The number of hydrogen-bond acceptors (Lipinski definition) is 3. The van der Waals surface area contributed by atoms with Gasteiger partial charge in [-0.05, 0) is 66.9 Å². The number of alkyl halides is 3. The van der Waals surface area contributed by atoms with E-state index >= 15 is 0 Å². The predicted octanol–water partition coefficient (Wildman–Crippen LogP) is 6.53. The first-order chi connectivity index (χ1) is 12.8. The van der Waals surface area contributed by atoms with Crippen molar-refractivity contribution in [3.05, 3.63) is 65.7 Å². The van der Waals surface area contributed by atoms with Crippen molar-refractivity contribution in [1.29, 1.82) is 0 Å². The largest absolute Gasteiger partial charge is 0.493 e. The smallest absolute Gasteiger partial charge is 0.416 e. The first-order valence-corrected chi connectivity index (χ1v) is 9.61. The zero-order chi connectivity index (χ0) is 19.9. The van der Waals surface area contributed by atoms with Crippen LogP contribution >= 0.6 is 11.8 Å².